The van der Waals surface area contributed by atoms with Gasteiger partial charge in [-0.15, -0.1) is 0 Å². The fourth-order valence-corrected chi connectivity index (χ4v) is 4.60. The Balaban J connectivity index is 0.000000202. The fraction of sp³-hybridized carbons (Fsp3) is 0.355. The molecule has 0 aromatic heterocycles. The number of carbonyl (C=O) groups is 2. The molecule has 5 heteroatoms. The van der Waals surface area contributed by atoms with Crippen LogP contribution in [0, 0.1) is 5.92 Å². The lowest BCUT2D eigenvalue weighted by Gasteiger charge is -2.28. The van der Waals surface area contributed by atoms with Gasteiger partial charge in [0.25, 0.3) is 0 Å². The number of quaternary nitrogens is 1. The molecule has 36 heavy (non-hydrogen) atoms. The second-order valence-corrected chi connectivity index (χ2v) is 9.45. The van der Waals surface area contributed by atoms with Crippen LogP contribution in [-0.4, -0.2) is 36.5 Å². The van der Waals surface area contributed by atoms with Crippen molar-refractivity contribution in [3.8, 4) is 0 Å². The monoisotopic (exact) mass is 487 g/mol. The summed E-state index contributed by atoms with van der Waals surface area (Å²) >= 11 is 0. The fourth-order valence-electron chi connectivity index (χ4n) is 4.60. The van der Waals surface area contributed by atoms with Crippen LogP contribution in [0.2, 0.25) is 0 Å². The lowest BCUT2D eigenvalue weighted by molar-refractivity contribution is -0.897. The molecule has 4 rings (SSSR count). The highest BCUT2D eigenvalue weighted by Gasteiger charge is 2.23. The molecular weight excluding hydrogens is 448 g/mol. The van der Waals surface area contributed by atoms with Gasteiger partial charge in [0.1, 0.15) is 6.54 Å². The van der Waals surface area contributed by atoms with E-state index in [1.54, 1.807) is 0 Å². The maximum Gasteiger partial charge on any atom is 0.330 e. The minimum Gasteiger partial charge on any atom is -0.479 e. The average molecular weight is 488 g/mol. The van der Waals surface area contributed by atoms with Crippen LogP contribution < -0.4 is 10.2 Å². The third-order valence-electron chi connectivity index (χ3n) is 6.92. The zero-order valence-electron chi connectivity index (χ0n) is 21.5. The van der Waals surface area contributed by atoms with E-state index in [1.807, 2.05) is 84.9 Å². The number of nitrogens with one attached hydrogen (secondary N) is 2. The number of likely N-dealkylation sites (tertiary alicyclic amines) is 1. The number of ketones is 1. The van der Waals surface area contributed by atoms with E-state index in [4.69, 9.17) is 0 Å². The summed E-state index contributed by atoms with van der Waals surface area (Å²) in [5, 5.41) is 12.4. The highest BCUT2D eigenvalue weighted by Crippen LogP contribution is 2.21. The van der Waals surface area contributed by atoms with Gasteiger partial charge in [0.05, 0.1) is 13.1 Å². The molecule has 1 aliphatic heterocycles. The number of aryl methyl sites for hydroxylation is 1. The Labute approximate surface area is 215 Å². The quantitative estimate of drug-likeness (QED) is 0.369. The van der Waals surface area contributed by atoms with E-state index in [9.17, 15) is 14.7 Å². The van der Waals surface area contributed by atoms with E-state index in [-0.39, 0.29) is 5.78 Å². The molecule has 1 aliphatic rings. The summed E-state index contributed by atoms with van der Waals surface area (Å²) in [4.78, 5) is 24.9. The van der Waals surface area contributed by atoms with Crippen LogP contribution in [-0.2, 0) is 11.2 Å². The predicted octanol–water partition coefficient (Wildman–Crippen LogP) is 5.06. The molecule has 0 amide bonds. The molecule has 3 aromatic carbocycles. The molecule has 1 heterocycles. The second kappa shape index (κ2) is 14.2. The van der Waals surface area contributed by atoms with E-state index in [0.29, 0.717) is 6.54 Å². The molecule has 1 unspecified atom stereocenters. The number of carboxylic acids is 1. The van der Waals surface area contributed by atoms with Gasteiger partial charge in [-0.3, -0.25) is 4.79 Å². The molecule has 190 valence electrons. The van der Waals surface area contributed by atoms with E-state index in [1.165, 1.54) is 29.7 Å². The van der Waals surface area contributed by atoms with Crippen LogP contribution in [0.4, 0.5) is 5.69 Å². The van der Waals surface area contributed by atoms with Crippen LogP contribution in [0.3, 0.4) is 0 Å². The minimum atomic E-state index is -0.881. The van der Waals surface area contributed by atoms with Crippen LogP contribution in [0.5, 0.6) is 0 Å². The van der Waals surface area contributed by atoms with Crippen molar-refractivity contribution in [3.63, 3.8) is 0 Å². The molecular formula is C31H39N2O3+. The van der Waals surface area contributed by atoms with Gasteiger partial charge in [-0.05, 0) is 48.4 Å². The van der Waals surface area contributed by atoms with Crippen LogP contribution >= 0.6 is 0 Å². The smallest absolute Gasteiger partial charge is 0.330 e. The summed E-state index contributed by atoms with van der Waals surface area (Å²) in [5.74, 6) is 0.300. The van der Waals surface area contributed by atoms with Crippen molar-refractivity contribution in [1.82, 2.24) is 0 Å². The Morgan fingerprint density at radius 1 is 0.917 bits per heavy atom. The highest BCUT2D eigenvalue weighted by atomic mass is 16.4. The number of hydrogen-bond donors (Lipinski definition) is 3. The van der Waals surface area contributed by atoms with E-state index < -0.39 is 12.0 Å². The Morgan fingerprint density at radius 2 is 1.56 bits per heavy atom. The second-order valence-electron chi connectivity index (χ2n) is 9.45. The zero-order chi connectivity index (χ0) is 25.8. The van der Waals surface area contributed by atoms with Crippen molar-refractivity contribution in [2.24, 2.45) is 5.92 Å². The van der Waals surface area contributed by atoms with E-state index in [0.717, 1.165) is 42.2 Å². The summed E-state index contributed by atoms with van der Waals surface area (Å²) in [6.45, 7) is 7.34. The molecule has 0 aliphatic carbocycles. The number of Topliss-reactive ketones (excluding diaryl/α,β-unsaturated/α-hetero) is 1. The topological polar surface area (TPSA) is 70.8 Å². The Kier molecular flexibility index (Phi) is 10.7. The van der Waals surface area contributed by atoms with Crippen LogP contribution in [0.15, 0.2) is 84.9 Å². The van der Waals surface area contributed by atoms with Crippen molar-refractivity contribution >= 4 is 17.4 Å². The first-order valence-electron chi connectivity index (χ1n) is 13.0. The maximum atomic E-state index is 12.0. The van der Waals surface area contributed by atoms with Gasteiger partial charge in [-0.1, -0.05) is 93.1 Å². The van der Waals surface area contributed by atoms with E-state index in [2.05, 4.69) is 19.2 Å². The standard InChI is InChI=1S/C16H17NO2.C15H21NO/c1-2-12-7-6-10-14(11-12)17-15(16(18)19)13-8-4-3-5-9-13;1-2-13-8-10-16(11-9-13)12-15(17)14-6-4-3-5-7-14/h3-11,15,17H,2H2,1H3,(H,18,19);3-7,13H,2,8-12H2,1H3/p+1. The number of rotatable bonds is 9. The summed E-state index contributed by atoms with van der Waals surface area (Å²) in [7, 11) is 0. The summed E-state index contributed by atoms with van der Waals surface area (Å²) in [6, 6.07) is 26.0. The van der Waals surface area contributed by atoms with Crippen molar-refractivity contribution < 1.29 is 19.6 Å². The van der Waals surface area contributed by atoms with Crippen molar-refractivity contribution in [2.75, 3.05) is 25.0 Å². The lowest BCUT2D eigenvalue weighted by Crippen LogP contribution is -3.13. The number of carboxylic acid groups (broad SMARTS) is 1. The molecule has 1 atom stereocenters. The van der Waals surface area contributed by atoms with Crippen molar-refractivity contribution in [1.29, 1.82) is 0 Å². The van der Waals surface area contributed by atoms with Crippen LogP contribution in [0.1, 0.15) is 60.6 Å². The molecule has 5 nitrogen and oxygen atoms in total. The molecule has 1 fully saturated rings. The Hall–Kier alpha value is -3.44. The first kappa shape index (κ1) is 27.2. The van der Waals surface area contributed by atoms with Crippen molar-refractivity contribution in [3.05, 3.63) is 102 Å². The van der Waals surface area contributed by atoms with Crippen molar-refractivity contribution in [2.45, 2.75) is 45.6 Å². The molecule has 0 bridgehead atoms. The Morgan fingerprint density at radius 3 is 2.14 bits per heavy atom. The number of benzene rings is 3. The number of hydrogen-bond acceptors (Lipinski definition) is 3. The van der Waals surface area contributed by atoms with E-state index >= 15 is 0 Å². The summed E-state index contributed by atoms with van der Waals surface area (Å²) in [5.41, 5.74) is 3.62. The average Bonchev–Trinajstić information content (AvgIpc) is 2.93. The number of anilines is 1. The van der Waals surface area contributed by atoms with Gasteiger partial charge in [-0.2, -0.15) is 0 Å². The Bertz CT molecular complexity index is 1080. The normalized spacial score (nSPS) is 17.8. The molecule has 3 N–H and O–H groups in total. The summed E-state index contributed by atoms with van der Waals surface area (Å²) in [6.07, 6.45) is 4.79. The molecule has 0 spiro atoms. The maximum absolute atomic E-state index is 12.0. The molecule has 0 radical (unpaired) electrons. The number of piperidine rings is 1. The first-order valence-corrected chi connectivity index (χ1v) is 13.0. The van der Waals surface area contributed by atoms with Gasteiger partial charge in [-0.25, -0.2) is 4.79 Å². The first-order chi connectivity index (χ1) is 17.5. The third kappa shape index (κ3) is 8.35. The largest absolute Gasteiger partial charge is 0.479 e. The van der Waals surface area contributed by atoms with Gasteiger partial charge >= 0.3 is 5.97 Å². The van der Waals surface area contributed by atoms with Gasteiger partial charge in [0, 0.05) is 11.3 Å². The number of aliphatic carboxylic acids is 1. The molecule has 3 aromatic rings. The highest BCUT2D eigenvalue weighted by molar-refractivity contribution is 5.96. The van der Waals surface area contributed by atoms with Gasteiger partial charge in [0.15, 0.2) is 6.04 Å². The SMILES string of the molecule is CCC1CC[NH+](CC(=O)c2ccccc2)CC1.CCc1cccc(NC(C(=O)O)c2ccccc2)c1. The van der Waals surface area contributed by atoms with Gasteiger partial charge < -0.3 is 15.3 Å². The lowest BCUT2D eigenvalue weighted by atomic mass is 9.94. The predicted molar refractivity (Wildman–Crippen MR) is 146 cm³/mol. The third-order valence-corrected chi connectivity index (χ3v) is 6.92. The molecule has 1 saturated heterocycles. The number of carbonyl (C=O) groups excluding carboxylic acids is 1. The minimum absolute atomic E-state index is 0.288. The summed E-state index contributed by atoms with van der Waals surface area (Å²) < 4.78 is 0. The van der Waals surface area contributed by atoms with Crippen LogP contribution in [0.25, 0.3) is 0 Å². The molecule has 0 saturated carbocycles. The van der Waals surface area contributed by atoms with Gasteiger partial charge in [0.2, 0.25) is 5.78 Å². The zero-order valence-corrected chi connectivity index (χ0v) is 21.5.